The van der Waals surface area contributed by atoms with Crippen LogP contribution in [0.25, 0.3) is 0 Å². The van der Waals surface area contributed by atoms with Crippen molar-refractivity contribution in [1.82, 2.24) is 4.90 Å². The summed E-state index contributed by atoms with van der Waals surface area (Å²) >= 11 is 0. The molecule has 18 heavy (non-hydrogen) atoms. The second-order valence-electron chi connectivity index (χ2n) is 5.67. The molecule has 1 nitrogen and oxygen atoms in total. The fourth-order valence-corrected chi connectivity index (χ4v) is 2.99. The Morgan fingerprint density at radius 2 is 1.89 bits per heavy atom. The van der Waals surface area contributed by atoms with Crippen LogP contribution in [0.5, 0.6) is 0 Å². The smallest absolute Gasteiger partial charge is 0.123 e. The second kappa shape index (κ2) is 6.33. The van der Waals surface area contributed by atoms with Crippen LogP contribution < -0.4 is 0 Å². The van der Waals surface area contributed by atoms with Crippen molar-refractivity contribution in [3.63, 3.8) is 0 Å². The Hall–Kier alpha value is -0.890. The van der Waals surface area contributed by atoms with Gasteiger partial charge in [0.15, 0.2) is 0 Å². The first kappa shape index (κ1) is 13.5. The molecule has 1 saturated heterocycles. The Kier molecular flexibility index (Phi) is 4.76. The van der Waals surface area contributed by atoms with Gasteiger partial charge >= 0.3 is 0 Å². The number of rotatable bonds is 3. The number of benzene rings is 1. The summed E-state index contributed by atoms with van der Waals surface area (Å²) in [5.41, 5.74) is 1.26. The molecule has 1 heterocycles. The van der Waals surface area contributed by atoms with Crippen LogP contribution in [0.15, 0.2) is 24.3 Å². The lowest BCUT2D eigenvalue weighted by Gasteiger charge is -2.33. The fraction of sp³-hybridized carbons (Fsp3) is 0.625. The average molecular weight is 249 g/mol. The zero-order valence-electron chi connectivity index (χ0n) is 11.5. The minimum Gasteiger partial charge on any atom is -0.298 e. The monoisotopic (exact) mass is 249 g/mol. The predicted molar refractivity (Wildman–Crippen MR) is 74.2 cm³/mol. The van der Waals surface area contributed by atoms with Crippen LogP contribution in [-0.4, -0.2) is 23.5 Å². The van der Waals surface area contributed by atoms with E-state index < -0.39 is 0 Å². The lowest BCUT2D eigenvalue weighted by atomic mass is 10.00. The van der Waals surface area contributed by atoms with Gasteiger partial charge in [-0.2, -0.15) is 0 Å². The minimum atomic E-state index is -0.139. The second-order valence-corrected chi connectivity index (χ2v) is 5.67. The summed E-state index contributed by atoms with van der Waals surface area (Å²) in [6.07, 6.45) is 6.32. The highest BCUT2D eigenvalue weighted by Gasteiger charge is 2.23. The molecule has 0 bridgehead atoms. The van der Waals surface area contributed by atoms with Crippen LogP contribution in [0.3, 0.4) is 0 Å². The quantitative estimate of drug-likeness (QED) is 0.782. The maximum Gasteiger partial charge on any atom is 0.123 e. The summed E-state index contributed by atoms with van der Waals surface area (Å²) < 4.78 is 12.9. The SMILES string of the molecule is CC(C)N1CCCCCC1Cc1ccc(F)cc1. The summed E-state index contributed by atoms with van der Waals surface area (Å²) in [6.45, 7) is 5.77. The van der Waals surface area contributed by atoms with Gasteiger partial charge in [-0.3, -0.25) is 4.90 Å². The van der Waals surface area contributed by atoms with Crippen LogP contribution in [0.1, 0.15) is 45.1 Å². The van der Waals surface area contributed by atoms with Crippen molar-refractivity contribution in [2.75, 3.05) is 6.54 Å². The van der Waals surface area contributed by atoms with Gasteiger partial charge in [-0.05, 0) is 57.4 Å². The van der Waals surface area contributed by atoms with Crippen LogP contribution in [0.4, 0.5) is 4.39 Å². The van der Waals surface area contributed by atoms with Crippen molar-refractivity contribution in [3.05, 3.63) is 35.6 Å². The van der Waals surface area contributed by atoms with Crippen molar-refractivity contribution in [2.24, 2.45) is 0 Å². The molecule has 1 fully saturated rings. The van der Waals surface area contributed by atoms with Crippen LogP contribution in [0, 0.1) is 5.82 Å². The molecule has 100 valence electrons. The molecule has 0 amide bonds. The van der Waals surface area contributed by atoms with Crippen molar-refractivity contribution >= 4 is 0 Å². The largest absolute Gasteiger partial charge is 0.298 e. The van der Waals surface area contributed by atoms with Gasteiger partial charge in [-0.25, -0.2) is 4.39 Å². The molecule has 0 saturated carbocycles. The van der Waals surface area contributed by atoms with E-state index in [1.165, 1.54) is 37.8 Å². The van der Waals surface area contributed by atoms with E-state index in [0.29, 0.717) is 12.1 Å². The van der Waals surface area contributed by atoms with E-state index in [1.807, 2.05) is 12.1 Å². The first-order valence-electron chi connectivity index (χ1n) is 7.17. The topological polar surface area (TPSA) is 3.24 Å². The van der Waals surface area contributed by atoms with E-state index in [9.17, 15) is 4.39 Å². The Labute approximate surface area is 110 Å². The molecule has 1 atom stereocenters. The van der Waals surface area contributed by atoms with Gasteiger partial charge in [0.25, 0.3) is 0 Å². The maximum absolute atomic E-state index is 12.9. The van der Waals surface area contributed by atoms with E-state index in [-0.39, 0.29) is 5.82 Å². The summed E-state index contributed by atoms with van der Waals surface area (Å²) in [4.78, 5) is 2.62. The minimum absolute atomic E-state index is 0.139. The molecule has 1 aliphatic heterocycles. The van der Waals surface area contributed by atoms with E-state index in [0.717, 1.165) is 6.42 Å². The third-order valence-electron chi connectivity index (χ3n) is 3.97. The van der Waals surface area contributed by atoms with Gasteiger partial charge in [-0.1, -0.05) is 25.0 Å². The van der Waals surface area contributed by atoms with E-state index >= 15 is 0 Å². The number of likely N-dealkylation sites (tertiary alicyclic amines) is 1. The zero-order chi connectivity index (χ0) is 13.0. The van der Waals surface area contributed by atoms with E-state index in [4.69, 9.17) is 0 Å². The van der Waals surface area contributed by atoms with Crippen molar-refractivity contribution in [1.29, 1.82) is 0 Å². The van der Waals surface area contributed by atoms with Crippen molar-refractivity contribution in [3.8, 4) is 0 Å². The first-order valence-corrected chi connectivity index (χ1v) is 7.17. The lowest BCUT2D eigenvalue weighted by molar-refractivity contribution is 0.155. The molecule has 1 aromatic carbocycles. The molecule has 1 unspecified atom stereocenters. The van der Waals surface area contributed by atoms with E-state index in [1.54, 1.807) is 12.1 Å². The molecule has 1 aromatic rings. The first-order chi connectivity index (χ1) is 8.66. The van der Waals surface area contributed by atoms with E-state index in [2.05, 4.69) is 18.7 Å². The van der Waals surface area contributed by atoms with Gasteiger partial charge in [0.1, 0.15) is 5.82 Å². The highest BCUT2D eigenvalue weighted by atomic mass is 19.1. The van der Waals surface area contributed by atoms with Crippen LogP contribution in [0.2, 0.25) is 0 Å². The third-order valence-corrected chi connectivity index (χ3v) is 3.97. The van der Waals surface area contributed by atoms with Crippen molar-refractivity contribution in [2.45, 2.75) is 58.0 Å². The summed E-state index contributed by atoms with van der Waals surface area (Å²) in [5.74, 6) is -0.139. The maximum atomic E-state index is 12.9. The van der Waals surface area contributed by atoms with Crippen molar-refractivity contribution < 1.29 is 4.39 Å². The molecule has 0 spiro atoms. The van der Waals surface area contributed by atoms with Gasteiger partial charge in [0.05, 0.1) is 0 Å². The normalized spacial score (nSPS) is 22.1. The molecule has 2 rings (SSSR count). The third kappa shape index (κ3) is 3.55. The fourth-order valence-electron chi connectivity index (χ4n) is 2.99. The van der Waals surface area contributed by atoms with Gasteiger partial charge in [0, 0.05) is 12.1 Å². The highest BCUT2D eigenvalue weighted by Crippen LogP contribution is 2.22. The molecule has 0 N–H and O–H groups in total. The molecule has 0 radical (unpaired) electrons. The standard InChI is InChI=1S/C16H24FN/c1-13(2)18-11-5-3-4-6-16(18)12-14-7-9-15(17)10-8-14/h7-10,13,16H,3-6,11-12H2,1-2H3. The Morgan fingerprint density at radius 3 is 2.56 bits per heavy atom. The lowest BCUT2D eigenvalue weighted by Crippen LogP contribution is -2.41. The van der Waals surface area contributed by atoms with Gasteiger partial charge in [-0.15, -0.1) is 0 Å². The Balaban J connectivity index is 2.06. The Morgan fingerprint density at radius 1 is 1.17 bits per heavy atom. The number of hydrogen-bond donors (Lipinski definition) is 0. The van der Waals surface area contributed by atoms with Gasteiger partial charge in [0.2, 0.25) is 0 Å². The number of halogens is 1. The number of hydrogen-bond acceptors (Lipinski definition) is 1. The molecule has 0 aromatic heterocycles. The highest BCUT2D eigenvalue weighted by molar-refractivity contribution is 5.17. The summed E-state index contributed by atoms with van der Waals surface area (Å²) in [7, 11) is 0. The average Bonchev–Trinajstić information content (AvgIpc) is 2.57. The number of nitrogens with zero attached hydrogens (tertiary/aromatic N) is 1. The molecular formula is C16H24FN. The molecule has 1 aliphatic rings. The molecular weight excluding hydrogens is 225 g/mol. The summed E-state index contributed by atoms with van der Waals surface area (Å²) in [6, 6.07) is 8.24. The summed E-state index contributed by atoms with van der Waals surface area (Å²) in [5, 5.41) is 0. The zero-order valence-corrected chi connectivity index (χ0v) is 11.5. The molecule has 2 heteroatoms. The molecule has 0 aliphatic carbocycles. The Bertz CT molecular complexity index is 358. The van der Waals surface area contributed by atoms with Gasteiger partial charge < -0.3 is 0 Å². The predicted octanol–water partition coefficient (Wildman–Crippen LogP) is 4.02. The van der Waals surface area contributed by atoms with Crippen LogP contribution >= 0.6 is 0 Å². The van der Waals surface area contributed by atoms with Crippen LogP contribution in [-0.2, 0) is 6.42 Å².